The maximum absolute atomic E-state index is 13.6. The number of hydrogen-bond donors (Lipinski definition) is 3. The second kappa shape index (κ2) is 15.9. The lowest BCUT2D eigenvalue weighted by molar-refractivity contribution is -0.140. The number of carboxylic acid groups (broad SMARTS) is 1. The molecule has 1 saturated carbocycles. The highest BCUT2D eigenvalue weighted by Crippen LogP contribution is 2.33. The molecule has 4 N–H and O–H groups in total. The summed E-state index contributed by atoms with van der Waals surface area (Å²) in [6.45, 7) is 6.68. The molecule has 1 heterocycles. The number of likely N-dealkylation sites (tertiary alicyclic amines) is 1. The number of aliphatic carboxylic acids is 1. The quantitative estimate of drug-likeness (QED) is 0.305. The summed E-state index contributed by atoms with van der Waals surface area (Å²) in [5, 5.41) is 12.2. The SMILES string of the molecule is CC(C)COc1ccc(CNC(=O)N(Cc2ccc(F)cc2)C2CCN(C(=O)C3CCC(C[C@@H](N)C(=O)O)CC3)CC2)cc1. The molecule has 0 spiro atoms. The van der Waals surface area contributed by atoms with Crippen LogP contribution in [-0.4, -0.2) is 64.6 Å². The number of piperidine rings is 1. The van der Waals surface area contributed by atoms with E-state index in [4.69, 9.17) is 15.6 Å². The van der Waals surface area contributed by atoms with Gasteiger partial charge in [0.15, 0.2) is 0 Å². The molecule has 3 amide bonds. The first-order valence-electron chi connectivity index (χ1n) is 15.9. The first kappa shape index (κ1) is 33.2. The smallest absolute Gasteiger partial charge is 0.320 e. The molecule has 2 aromatic rings. The number of carbonyl (C=O) groups is 3. The highest BCUT2D eigenvalue weighted by atomic mass is 19.1. The van der Waals surface area contributed by atoms with Gasteiger partial charge in [-0.25, -0.2) is 9.18 Å². The first-order valence-corrected chi connectivity index (χ1v) is 15.9. The van der Waals surface area contributed by atoms with Gasteiger partial charge in [0.05, 0.1) is 6.61 Å². The van der Waals surface area contributed by atoms with Gasteiger partial charge in [-0.15, -0.1) is 0 Å². The molecule has 240 valence electrons. The Hall–Kier alpha value is -3.66. The van der Waals surface area contributed by atoms with Crippen molar-refractivity contribution in [2.24, 2.45) is 23.5 Å². The average Bonchev–Trinajstić information content (AvgIpc) is 3.03. The number of carbonyl (C=O) groups excluding carboxylic acids is 2. The molecule has 1 atom stereocenters. The number of halogens is 1. The summed E-state index contributed by atoms with van der Waals surface area (Å²) in [4.78, 5) is 41.7. The third-order valence-corrected chi connectivity index (χ3v) is 8.79. The summed E-state index contributed by atoms with van der Waals surface area (Å²) >= 11 is 0. The molecular formula is C34H47FN4O5. The molecule has 1 aliphatic carbocycles. The normalized spacial score (nSPS) is 19.8. The minimum atomic E-state index is -0.977. The van der Waals surface area contributed by atoms with Crippen LogP contribution in [0.15, 0.2) is 48.5 Å². The summed E-state index contributed by atoms with van der Waals surface area (Å²) < 4.78 is 19.3. The molecule has 44 heavy (non-hydrogen) atoms. The van der Waals surface area contributed by atoms with E-state index in [1.54, 1.807) is 12.1 Å². The van der Waals surface area contributed by atoms with Crippen LogP contribution in [0.5, 0.6) is 5.75 Å². The van der Waals surface area contributed by atoms with E-state index in [-0.39, 0.29) is 35.6 Å². The van der Waals surface area contributed by atoms with Crippen LogP contribution in [0.25, 0.3) is 0 Å². The maximum atomic E-state index is 13.6. The van der Waals surface area contributed by atoms with E-state index < -0.39 is 12.0 Å². The molecule has 2 aliphatic rings. The van der Waals surface area contributed by atoms with Crippen molar-refractivity contribution in [3.05, 3.63) is 65.5 Å². The monoisotopic (exact) mass is 610 g/mol. The molecule has 10 heteroatoms. The lowest BCUT2D eigenvalue weighted by Gasteiger charge is -2.40. The highest BCUT2D eigenvalue weighted by Gasteiger charge is 2.34. The number of rotatable bonds is 12. The fourth-order valence-corrected chi connectivity index (χ4v) is 6.16. The Morgan fingerprint density at radius 1 is 0.977 bits per heavy atom. The summed E-state index contributed by atoms with van der Waals surface area (Å²) in [7, 11) is 0. The zero-order valence-corrected chi connectivity index (χ0v) is 25.9. The van der Waals surface area contributed by atoms with Gasteiger partial charge in [0.2, 0.25) is 5.91 Å². The van der Waals surface area contributed by atoms with Crippen LogP contribution >= 0.6 is 0 Å². The molecule has 1 aliphatic heterocycles. The highest BCUT2D eigenvalue weighted by molar-refractivity contribution is 5.79. The average molecular weight is 611 g/mol. The van der Waals surface area contributed by atoms with E-state index >= 15 is 0 Å². The third kappa shape index (κ3) is 9.67. The predicted molar refractivity (Wildman–Crippen MR) is 166 cm³/mol. The number of benzene rings is 2. The number of ether oxygens (including phenoxy) is 1. The fourth-order valence-electron chi connectivity index (χ4n) is 6.16. The first-order chi connectivity index (χ1) is 21.1. The Morgan fingerprint density at radius 2 is 1.59 bits per heavy atom. The van der Waals surface area contributed by atoms with Crippen LogP contribution in [0.4, 0.5) is 9.18 Å². The van der Waals surface area contributed by atoms with E-state index in [9.17, 15) is 18.8 Å². The van der Waals surface area contributed by atoms with Gasteiger partial charge < -0.3 is 30.7 Å². The number of carboxylic acids is 1. The van der Waals surface area contributed by atoms with Gasteiger partial charge in [-0.1, -0.05) is 38.1 Å². The van der Waals surface area contributed by atoms with E-state index in [1.165, 1.54) is 12.1 Å². The van der Waals surface area contributed by atoms with E-state index in [0.29, 0.717) is 58.0 Å². The number of hydrogen-bond acceptors (Lipinski definition) is 5. The zero-order chi connectivity index (χ0) is 31.6. The van der Waals surface area contributed by atoms with Gasteiger partial charge >= 0.3 is 12.0 Å². The van der Waals surface area contributed by atoms with Gasteiger partial charge in [0.1, 0.15) is 17.6 Å². The fraction of sp³-hybridized carbons (Fsp3) is 0.559. The number of urea groups is 1. The third-order valence-electron chi connectivity index (χ3n) is 8.79. The number of nitrogens with zero attached hydrogens (tertiary/aromatic N) is 2. The topological polar surface area (TPSA) is 125 Å². The zero-order valence-electron chi connectivity index (χ0n) is 25.9. The van der Waals surface area contributed by atoms with Crippen molar-refractivity contribution >= 4 is 17.9 Å². The number of nitrogens with one attached hydrogen (secondary N) is 1. The lowest BCUT2D eigenvalue weighted by atomic mass is 9.78. The molecule has 0 radical (unpaired) electrons. The molecule has 4 rings (SSSR count). The number of amides is 3. The van der Waals surface area contributed by atoms with Gasteiger partial charge in [0, 0.05) is 38.1 Å². The van der Waals surface area contributed by atoms with E-state index in [1.807, 2.05) is 34.1 Å². The van der Waals surface area contributed by atoms with Crippen molar-refractivity contribution < 1.29 is 28.6 Å². The Labute approximate surface area is 259 Å². The Balaban J connectivity index is 1.32. The maximum Gasteiger partial charge on any atom is 0.320 e. The standard InChI is InChI=1S/C34H47FN4O5/c1-23(2)22-44-30-13-7-25(8-14-30)20-37-34(43)39(21-26-5-11-28(35)12-6-26)29-15-17-38(18-16-29)32(40)27-9-3-24(4-10-27)19-31(36)33(41)42/h5-8,11-14,23-24,27,29,31H,3-4,9-10,15-22,36H2,1-2H3,(H,37,43)(H,41,42)/t24?,27?,31-/m1/s1. The van der Waals surface area contributed by atoms with E-state index in [0.717, 1.165) is 42.6 Å². The Morgan fingerprint density at radius 3 is 2.18 bits per heavy atom. The molecule has 1 saturated heterocycles. The predicted octanol–water partition coefficient (Wildman–Crippen LogP) is 5.17. The van der Waals surface area contributed by atoms with Crippen molar-refractivity contribution in [1.29, 1.82) is 0 Å². The van der Waals surface area contributed by atoms with Crippen molar-refractivity contribution in [2.75, 3.05) is 19.7 Å². The van der Waals surface area contributed by atoms with Crippen molar-refractivity contribution in [1.82, 2.24) is 15.1 Å². The van der Waals surface area contributed by atoms with Crippen LogP contribution in [0.1, 0.15) is 69.9 Å². The number of nitrogens with two attached hydrogens (primary N) is 1. The Kier molecular flexibility index (Phi) is 12.0. The molecular weight excluding hydrogens is 563 g/mol. The molecule has 0 unspecified atom stereocenters. The largest absolute Gasteiger partial charge is 0.493 e. The Bertz CT molecular complexity index is 1220. The van der Waals surface area contributed by atoms with Crippen LogP contribution in [-0.2, 0) is 22.7 Å². The molecule has 0 aromatic heterocycles. The van der Waals surface area contributed by atoms with Gasteiger partial charge in [-0.05, 0) is 92.2 Å². The second-order valence-corrected chi connectivity index (χ2v) is 12.7. The van der Waals surface area contributed by atoms with Gasteiger partial charge in [0.25, 0.3) is 0 Å². The van der Waals surface area contributed by atoms with Crippen LogP contribution in [0, 0.1) is 23.6 Å². The van der Waals surface area contributed by atoms with Crippen LogP contribution < -0.4 is 15.8 Å². The lowest BCUT2D eigenvalue weighted by Crippen LogP contribution is -2.52. The molecule has 9 nitrogen and oxygen atoms in total. The van der Waals surface area contributed by atoms with Crippen LogP contribution in [0.2, 0.25) is 0 Å². The van der Waals surface area contributed by atoms with Crippen LogP contribution in [0.3, 0.4) is 0 Å². The molecule has 2 aromatic carbocycles. The van der Waals surface area contributed by atoms with Gasteiger partial charge in [-0.2, -0.15) is 0 Å². The summed E-state index contributed by atoms with van der Waals surface area (Å²) in [6.07, 6.45) is 4.89. The van der Waals surface area contributed by atoms with Gasteiger partial charge in [-0.3, -0.25) is 9.59 Å². The van der Waals surface area contributed by atoms with Crippen molar-refractivity contribution in [2.45, 2.75) is 84.0 Å². The van der Waals surface area contributed by atoms with E-state index in [2.05, 4.69) is 19.2 Å². The minimum Gasteiger partial charge on any atom is -0.493 e. The second-order valence-electron chi connectivity index (χ2n) is 12.7. The van der Waals surface area contributed by atoms with Crippen molar-refractivity contribution in [3.8, 4) is 5.75 Å². The summed E-state index contributed by atoms with van der Waals surface area (Å²) in [5.74, 6) is 0.270. The molecule has 2 fully saturated rings. The summed E-state index contributed by atoms with van der Waals surface area (Å²) in [5.41, 5.74) is 7.51. The van der Waals surface area contributed by atoms with Crippen molar-refractivity contribution in [3.63, 3.8) is 0 Å². The minimum absolute atomic E-state index is 0.0513. The summed E-state index contributed by atoms with van der Waals surface area (Å²) in [6, 6.07) is 12.8. The molecule has 0 bridgehead atoms.